The SMILES string of the molecule is Cc1nc(N2CCN(C(=O)c3ccccc3Oc3ccccc3)CC2)cc(-n2cccc2)n1. The maximum atomic E-state index is 13.3. The van der Waals surface area contributed by atoms with E-state index in [-0.39, 0.29) is 5.91 Å². The monoisotopic (exact) mass is 439 g/mol. The number of rotatable bonds is 5. The summed E-state index contributed by atoms with van der Waals surface area (Å²) in [5.41, 5.74) is 0.572. The molecule has 3 heterocycles. The van der Waals surface area contributed by atoms with E-state index in [0.717, 1.165) is 17.5 Å². The number of ether oxygens (including phenoxy) is 1. The molecule has 2 aromatic carbocycles. The van der Waals surface area contributed by atoms with Gasteiger partial charge in [-0.05, 0) is 43.3 Å². The van der Waals surface area contributed by atoms with E-state index in [0.29, 0.717) is 43.2 Å². The quantitative estimate of drug-likeness (QED) is 0.463. The zero-order valence-electron chi connectivity index (χ0n) is 18.5. The summed E-state index contributed by atoms with van der Waals surface area (Å²) in [4.78, 5) is 26.6. The van der Waals surface area contributed by atoms with Crippen molar-refractivity contribution >= 4 is 11.7 Å². The van der Waals surface area contributed by atoms with Gasteiger partial charge >= 0.3 is 0 Å². The molecule has 0 atom stereocenters. The zero-order chi connectivity index (χ0) is 22.6. The maximum Gasteiger partial charge on any atom is 0.257 e. The normalized spacial score (nSPS) is 13.7. The Morgan fingerprint density at radius 1 is 0.818 bits per heavy atom. The third-order valence-corrected chi connectivity index (χ3v) is 5.66. The van der Waals surface area contributed by atoms with E-state index in [1.54, 1.807) is 0 Å². The lowest BCUT2D eigenvalue weighted by Crippen LogP contribution is -2.49. The van der Waals surface area contributed by atoms with Crippen LogP contribution in [-0.4, -0.2) is 51.5 Å². The van der Waals surface area contributed by atoms with Crippen molar-refractivity contribution in [3.8, 4) is 17.3 Å². The minimum atomic E-state index is -0.0203. The number of para-hydroxylation sites is 2. The maximum absolute atomic E-state index is 13.3. The van der Waals surface area contributed by atoms with Gasteiger partial charge in [0.15, 0.2) is 0 Å². The first-order valence-corrected chi connectivity index (χ1v) is 11.0. The number of anilines is 1. The van der Waals surface area contributed by atoms with Crippen molar-refractivity contribution in [1.82, 2.24) is 19.4 Å². The molecule has 1 aliphatic rings. The lowest BCUT2D eigenvalue weighted by atomic mass is 10.1. The molecule has 0 bridgehead atoms. The molecule has 1 saturated heterocycles. The van der Waals surface area contributed by atoms with Crippen LogP contribution in [0.25, 0.3) is 5.82 Å². The molecule has 33 heavy (non-hydrogen) atoms. The van der Waals surface area contributed by atoms with Gasteiger partial charge in [-0.1, -0.05) is 30.3 Å². The summed E-state index contributed by atoms with van der Waals surface area (Å²) >= 11 is 0. The Kier molecular flexibility index (Phi) is 5.76. The molecule has 7 nitrogen and oxygen atoms in total. The third kappa shape index (κ3) is 4.57. The van der Waals surface area contributed by atoms with Crippen molar-refractivity contribution in [2.75, 3.05) is 31.1 Å². The zero-order valence-corrected chi connectivity index (χ0v) is 18.5. The van der Waals surface area contributed by atoms with Gasteiger partial charge in [0.05, 0.1) is 5.56 Å². The van der Waals surface area contributed by atoms with Gasteiger partial charge < -0.3 is 19.1 Å². The molecule has 1 aliphatic heterocycles. The molecule has 0 unspecified atom stereocenters. The Balaban J connectivity index is 1.29. The van der Waals surface area contributed by atoms with Crippen LogP contribution in [0.3, 0.4) is 0 Å². The highest BCUT2D eigenvalue weighted by atomic mass is 16.5. The van der Waals surface area contributed by atoms with E-state index in [2.05, 4.69) is 14.9 Å². The molecule has 0 N–H and O–H groups in total. The molecular formula is C26H25N5O2. The Hall–Kier alpha value is -4.13. The van der Waals surface area contributed by atoms with E-state index < -0.39 is 0 Å². The van der Waals surface area contributed by atoms with Crippen LogP contribution in [0.4, 0.5) is 5.82 Å². The Morgan fingerprint density at radius 3 is 2.24 bits per heavy atom. The summed E-state index contributed by atoms with van der Waals surface area (Å²) in [6.45, 7) is 4.53. The molecular weight excluding hydrogens is 414 g/mol. The second-order valence-electron chi connectivity index (χ2n) is 7.91. The highest BCUT2D eigenvalue weighted by molar-refractivity contribution is 5.97. The largest absolute Gasteiger partial charge is 0.457 e. The summed E-state index contributed by atoms with van der Waals surface area (Å²) < 4.78 is 7.97. The number of carbonyl (C=O) groups excluding carboxylic acids is 1. The van der Waals surface area contributed by atoms with Gasteiger partial charge in [-0.15, -0.1) is 0 Å². The van der Waals surface area contributed by atoms with Crippen LogP contribution in [0.5, 0.6) is 11.5 Å². The number of hydrogen-bond acceptors (Lipinski definition) is 5. The Morgan fingerprint density at radius 2 is 1.48 bits per heavy atom. The van der Waals surface area contributed by atoms with Crippen LogP contribution in [-0.2, 0) is 0 Å². The molecule has 2 aromatic heterocycles. The summed E-state index contributed by atoms with van der Waals surface area (Å²) in [6, 6.07) is 22.9. The first kappa shape index (κ1) is 20.8. The molecule has 7 heteroatoms. The summed E-state index contributed by atoms with van der Waals surface area (Å²) in [5.74, 6) is 3.70. The molecule has 0 radical (unpaired) electrons. The first-order valence-electron chi connectivity index (χ1n) is 11.0. The van der Waals surface area contributed by atoms with E-state index in [1.807, 2.05) is 102 Å². The van der Waals surface area contributed by atoms with Crippen molar-refractivity contribution in [2.45, 2.75) is 6.92 Å². The van der Waals surface area contributed by atoms with Crippen molar-refractivity contribution in [3.05, 3.63) is 96.6 Å². The lowest BCUT2D eigenvalue weighted by Gasteiger charge is -2.35. The fourth-order valence-corrected chi connectivity index (χ4v) is 3.97. The van der Waals surface area contributed by atoms with Crippen LogP contribution >= 0.6 is 0 Å². The third-order valence-electron chi connectivity index (χ3n) is 5.66. The van der Waals surface area contributed by atoms with Gasteiger partial charge in [-0.2, -0.15) is 0 Å². The lowest BCUT2D eigenvalue weighted by molar-refractivity contribution is 0.0744. The predicted octanol–water partition coefficient (Wildman–Crippen LogP) is 4.33. The summed E-state index contributed by atoms with van der Waals surface area (Å²) in [6.07, 6.45) is 3.94. The van der Waals surface area contributed by atoms with Gasteiger partial charge in [0.25, 0.3) is 5.91 Å². The summed E-state index contributed by atoms with van der Waals surface area (Å²) in [7, 11) is 0. The average Bonchev–Trinajstić information content (AvgIpc) is 3.40. The van der Waals surface area contributed by atoms with Crippen LogP contribution in [0.2, 0.25) is 0 Å². The number of aromatic nitrogens is 3. The molecule has 0 spiro atoms. The second kappa shape index (κ2) is 9.16. The molecule has 1 amide bonds. The van der Waals surface area contributed by atoms with Gasteiger partial charge in [0, 0.05) is 44.6 Å². The minimum absolute atomic E-state index is 0.0203. The molecule has 0 aliphatic carbocycles. The molecule has 166 valence electrons. The van der Waals surface area contributed by atoms with Gasteiger partial charge in [0.2, 0.25) is 0 Å². The Labute approximate surface area is 192 Å². The number of carbonyl (C=O) groups is 1. The number of benzene rings is 2. The summed E-state index contributed by atoms with van der Waals surface area (Å²) in [5, 5.41) is 0. The average molecular weight is 440 g/mol. The Bertz CT molecular complexity index is 1230. The molecule has 1 fully saturated rings. The van der Waals surface area contributed by atoms with Crippen LogP contribution < -0.4 is 9.64 Å². The van der Waals surface area contributed by atoms with Crippen molar-refractivity contribution in [2.24, 2.45) is 0 Å². The standard InChI is InChI=1S/C26H25N5O2/c1-20-27-24(29-13-7-8-14-29)19-25(28-20)30-15-17-31(18-16-30)26(32)22-11-5-6-12-23(22)33-21-9-3-2-4-10-21/h2-14,19H,15-18H2,1H3. The minimum Gasteiger partial charge on any atom is -0.457 e. The first-order chi connectivity index (χ1) is 16.2. The van der Waals surface area contributed by atoms with Crippen LogP contribution in [0.15, 0.2) is 85.2 Å². The van der Waals surface area contributed by atoms with Gasteiger partial charge in [-0.25, -0.2) is 9.97 Å². The highest BCUT2D eigenvalue weighted by Crippen LogP contribution is 2.27. The highest BCUT2D eigenvalue weighted by Gasteiger charge is 2.25. The van der Waals surface area contributed by atoms with Gasteiger partial charge in [-0.3, -0.25) is 4.79 Å². The van der Waals surface area contributed by atoms with E-state index in [9.17, 15) is 4.79 Å². The van der Waals surface area contributed by atoms with E-state index >= 15 is 0 Å². The van der Waals surface area contributed by atoms with Crippen molar-refractivity contribution in [1.29, 1.82) is 0 Å². The van der Waals surface area contributed by atoms with E-state index in [4.69, 9.17) is 4.74 Å². The molecule has 0 saturated carbocycles. The number of hydrogen-bond donors (Lipinski definition) is 0. The fraction of sp³-hybridized carbons (Fsp3) is 0.192. The van der Waals surface area contributed by atoms with Crippen molar-refractivity contribution < 1.29 is 9.53 Å². The van der Waals surface area contributed by atoms with Crippen LogP contribution in [0.1, 0.15) is 16.2 Å². The fourth-order valence-electron chi connectivity index (χ4n) is 3.97. The number of aryl methyl sites for hydroxylation is 1. The van der Waals surface area contributed by atoms with Crippen molar-refractivity contribution in [3.63, 3.8) is 0 Å². The number of amides is 1. The topological polar surface area (TPSA) is 63.5 Å². The predicted molar refractivity (Wildman–Crippen MR) is 127 cm³/mol. The number of nitrogens with zero attached hydrogens (tertiary/aromatic N) is 5. The molecule has 4 aromatic rings. The van der Waals surface area contributed by atoms with E-state index in [1.165, 1.54) is 0 Å². The van der Waals surface area contributed by atoms with Gasteiger partial charge in [0.1, 0.15) is 29.0 Å². The second-order valence-corrected chi connectivity index (χ2v) is 7.91. The number of piperazine rings is 1. The van der Waals surface area contributed by atoms with Crippen LogP contribution in [0, 0.1) is 6.92 Å². The molecule has 5 rings (SSSR count). The smallest absolute Gasteiger partial charge is 0.257 e.